The Morgan fingerprint density at radius 2 is 1.12 bits per heavy atom. The third-order valence-electron chi connectivity index (χ3n) is 4.93. The van der Waals surface area contributed by atoms with E-state index >= 15 is 0 Å². The van der Waals surface area contributed by atoms with E-state index in [1.54, 1.807) is 43.3 Å². The lowest BCUT2D eigenvalue weighted by atomic mass is 10.0. The molecular weight excluding hydrogens is 464 g/mol. The number of carboxylic acid groups (broad SMARTS) is 1. The standard InChI is InChI=1S/C23H24N2O6S2/c1-2-13-23(22(30)31,24(32)20(28)14-18(26)16-9-5-3-6-10-16)25(33)21(29)15-19(27)17-11-7-4-8-12-17/h3-12,32-33H,2,13-15H2,1H3,(H,30,31). The predicted octanol–water partition coefficient (Wildman–Crippen LogP) is 3.46. The van der Waals surface area contributed by atoms with Crippen molar-refractivity contribution in [2.75, 3.05) is 0 Å². The number of benzene rings is 2. The van der Waals surface area contributed by atoms with Gasteiger partial charge in [0.15, 0.2) is 11.6 Å². The number of nitrogens with zero attached hydrogens (tertiary/aromatic N) is 2. The van der Waals surface area contributed by atoms with Crippen LogP contribution in [0.15, 0.2) is 60.7 Å². The molecule has 0 radical (unpaired) electrons. The highest BCUT2D eigenvalue weighted by Gasteiger charge is 2.52. The van der Waals surface area contributed by atoms with Gasteiger partial charge in [0.25, 0.3) is 0 Å². The number of carbonyl (C=O) groups is 5. The van der Waals surface area contributed by atoms with Gasteiger partial charge in [0.05, 0.1) is 12.8 Å². The molecule has 8 nitrogen and oxygen atoms in total. The largest absolute Gasteiger partial charge is 0.478 e. The molecule has 0 aliphatic heterocycles. The van der Waals surface area contributed by atoms with Crippen molar-refractivity contribution in [2.45, 2.75) is 38.3 Å². The molecule has 0 aliphatic carbocycles. The minimum atomic E-state index is -2.32. The van der Waals surface area contributed by atoms with Crippen LogP contribution in [0.25, 0.3) is 0 Å². The second-order valence-corrected chi connectivity index (χ2v) is 8.01. The molecule has 2 aromatic carbocycles. The summed E-state index contributed by atoms with van der Waals surface area (Å²) in [6.45, 7) is 1.65. The summed E-state index contributed by atoms with van der Waals surface area (Å²) in [6, 6.07) is 16.1. The van der Waals surface area contributed by atoms with Crippen molar-refractivity contribution in [3.05, 3.63) is 71.8 Å². The van der Waals surface area contributed by atoms with Crippen molar-refractivity contribution in [3.63, 3.8) is 0 Å². The molecular formula is C23H24N2O6S2. The van der Waals surface area contributed by atoms with E-state index < -0.39 is 47.9 Å². The number of hydrogen-bond donors (Lipinski definition) is 3. The minimum absolute atomic E-state index is 0.230. The number of ketones is 2. The van der Waals surface area contributed by atoms with Crippen LogP contribution >= 0.6 is 25.6 Å². The molecule has 0 atom stereocenters. The van der Waals surface area contributed by atoms with Crippen LogP contribution in [0.1, 0.15) is 53.3 Å². The SMILES string of the molecule is CCCC(C(=O)O)(N(S)C(=O)CC(=O)c1ccccc1)N(S)C(=O)CC(=O)c1ccccc1. The summed E-state index contributed by atoms with van der Waals surface area (Å²) < 4.78 is 1.08. The Morgan fingerprint density at radius 3 is 1.42 bits per heavy atom. The fraction of sp³-hybridized carbons (Fsp3) is 0.261. The van der Waals surface area contributed by atoms with Gasteiger partial charge < -0.3 is 5.11 Å². The number of hydrogen-bond acceptors (Lipinski definition) is 7. The van der Waals surface area contributed by atoms with Gasteiger partial charge in [-0.25, -0.2) is 4.79 Å². The summed E-state index contributed by atoms with van der Waals surface area (Å²) in [5, 5.41) is 10.0. The number of Topliss-reactive ketones (excluding diaryl/α,β-unsaturated/α-hetero) is 2. The second-order valence-electron chi connectivity index (χ2n) is 7.21. The van der Waals surface area contributed by atoms with Crippen LogP contribution in [0.4, 0.5) is 0 Å². The first-order chi connectivity index (χ1) is 15.6. The Hall–Kier alpha value is -3.11. The molecule has 0 bridgehead atoms. The van der Waals surface area contributed by atoms with Gasteiger partial charge in [0.1, 0.15) is 0 Å². The average molecular weight is 489 g/mol. The van der Waals surface area contributed by atoms with Crippen molar-refractivity contribution in [1.29, 1.82) is 0 Å². The summed E-state index contributed by atoms with van der Waals surface area (Å²) in [6.07, 6.45) is -1.32. The topological polar surface area (TPSA) is 112 Å². The Kier molecular flexibility index (Phi) is 9.24. The molecule has 0 unspecified atom stereocenters. The molecule has 1 N–H and O–H groups in total. The van der Waals surface area contributed by atoms with Crippen molar-refractivity contribution in [1.82, 2.24) is 8.61 Å². The number of carbonyl (C=O) groups excluding carboxylic acids is 4. The monoisotopic (exact) mass is 488 g/mol. The number of thiol groups is 2. The quantitative estimate of drug-likeness (QED) is 0.193. The maximum atomic E-state index is 12.8. The zero-order chi connectivity index (χ0) is 24.6. The molecule has 2 amide bonds. The number of carboxylic acids is 1. The average Bonchev–Trinajstić information content (AvgIpc) is 2.82. The fourth-order valence-corrected chi connectivity index (χ4v) is 3.99. The summed E-state index contributed by atoms with van der Waals surface area (Å²) in [5.74, 6) is -4.50. The molecule has 0 saturated heterocycles. The highest BCUT2D eigenvalue weighted by atomic mass is 32.1. The van der Waals surface area contributed by atoms with Crippen LogP contribution in [-0.2, 0) is 14.4 Å². The summed E-state index contributed by atoms with van der Waals surface area (Å²) >= 11 is 8.17. The highest BCUT2D eigenvalue weighted by molar-refractivity contribution is 7.79. The molecule has 0 saturated carbocycles. The Labute approximate surface area is 202 Å². The van der Waals surface area contributed by atoms with Gasteiger partial charge >= 0.3 is 5.97 Å². The molecule has 174 valence electrons. The van der Waals surface area contributed by atoms with E-state index in [2.05, 4.69) is 25.6 Å². The first-order valence-electron chi connectivity index (χ1n) is 10.1. The summed E-state index contributed by atoms with van der Waals surface area (Å²) in [4.78, 5) is 63.0. The van der Waals surface area contributed by atoms with Crippen LogP contribution in [-0.4, -0.2) is 48.7 Å². The van der Waals surface area contributed by atoms with E-state index in [4.69, 9.17) is 0 Å². The van der Waals surface area contributed by atoms with Crippen LogP contribution < -0.4 is 0 Å². The van der Waals surface area contributed by atoms with Crippen molar-refractivity contribution in [2.24, 2.45) is 0 Å². The maximum absolute atomic E-state index is 12.8. The minimum Gasteiger partial charge on any atom is -0.478 e. The normalized spacial score (nSPS) is 10.9. The van der Waals surface area contributed by atoms with Crippen LogP contribution in [0.2, 0.25) is 0 Å². The van der Waals surface area contributed by atoms with Crippen LogP contribution in [0.3, 0.4) is 0 Å². The van der Waals surface area contributed by atoms with E-state index in [1.807, 2.05) is 0 Å². The van der Waals surface area contributed by atoms with Gasteiger partial charge in [-0.2, -0.15) is 0 Å². The zero-order valence-electron chi connectivity index (χ0n) is 17.9. The summed E-state index contributed by atoms with van der Waals surface area (Å²) in [7, 11) is 0. The van der Waals surface area contributed by atoms with Gasteiger partial charge in [0.2, 0.25) is 17.5 Å². The van der Waals surface area contributed by atoms with Gasteiger partial charge in [-0.3, -0.25) is 27.8 Å². The van der Waals surface area contributed by atoms with Crippen LogP contribution in [0, 0.1) is 0 Å². The second kappa shape index (κ2) is 11.7. The van der Waals surface area contributed by atoms with Crippen LogP contribution in [0.5, 0.6) is 0 Å². The Balaban J connectivity index is 2.28. The van der Waals surface area contributed by atoms with E-state index in [9.17, 15) is 29.1 Å². The molecule has 2 rings (SSSR count). The first kappa shape index (κ1) is 26.1. The van der Waals surface area contributed by atoms with Gasteiger partial charge in [-0.05, 0) is 0 Å². The van der Waals surface area contributed by atoms with E-state index in [0.29, 0.717) is 8.61 Å². The van der Waals surface area contributed by atoms with Gasteiger partial charge in [-0.15, -0.1) is 0 Å². The zero-order valence-corrected chi connectivity index (χ0v) is 19.7. The lowest BCUT2D eigenvalue weighted by molar-refractivity contribution is -0.165. The lowest BCUT2D eigenvalue weighted by Gasteiger charge is -2.42. The Bertz CT molecular complexity index is 958. The van der Waals surface area contributed by atoms with E-state index in [-0.39, 0.29) is 24.0 Å². The van der Waals surface area contributed by atoms with Crippen molar-refractivity contribution < 1.29 is 29.1 Å². The smallest absolute Gasteiger partial charge is 0.352 e. The molecule has 0 aromatic heterocycles. The van der Waals surface area contributed by atoms with E-state index in [1.165, 1.54) is 24.3 Å². The maximum Gasteiger partial charge on any atom is 0.352 e. The molecule has 0 spiro atoms. The van der Waals surface area contributed by atoms with Gasteiger partial charge in [0, 0.05) is 17.5 Å². The molecule has 33 heavy (non-hydrogen) atoms. The molecule has 10 heteroatoms. The highest BCUT2D eigenvalue weighted by Crippen LogP contribution is 2.32. The number of amides is 2. The summed E-state index contributed by atoms with van der Waals surface area (Å²) in [5.41, 5.74) is -1.77. The van der Waals surface area contributed by atoms with Gasteiger partial charge in [-0.1, -0.05) is 99.6 Å². The predicted molar refractivity (Wildman–Crippen MR) is 128 cm³/mol. The molecule has 0 aliphatic rings. The number of rotatable bonds is 11. The van der Waals surface area contributed by atoms with Crippen molar-refractivity contribution in [3.8, 4) is 0 Å². The molecule has 2 aromatic rings. The third-order valence-corrected chi connectivity index (χ3v) is 6.04. The number of aliphatic carboxylic acids is 1. The van der Waals surface area contributed by atoms with Crippen molar-refractivity contribution >= 4 is 55.0 Å². The van der Waals surface area contributed by atoms with E-state index in [0.717, 1.165) is 0 Å². The fourth-order valence-electron chi connectivity index (χ4n) is 3.23. The Morgan fingerprint density at radius 1 is 0.758 bits per heavy atom. The first-order valence-corrected chi connectivity index (χ1v) is 10.9. The third kappa shape index (κ3) is 6.02. The lowest BCUT2D eigenvalue weighted by Crippen LogP contribution is -2.63. The molecule has 0 heterocycles. The molecule has 0 fully saturated rings.